The molecule has 2 N–H and O–H groups in total. The van der Waals surface area contributed by atoms with Crippen LogP contribution in [0.3, 0.4) is 0 Å². The van der Waals surface area contributed by atoms with Crippen LogP contribution in [0.1, 0.15) is 25.3 Å². The lowest BCUT2D eigenvalue weighted by atomic mass is 9.96. The van der Waals surface area contributed by atoms with Gasteiger partial charge in [0.15, 0.2) is 0 Å². The van der Waals surface area contributed by atoms with Gasteiger partial charge in [0.1, 0.15) is 0 Å². The standard InChI is InChI=1S/C17H26N2OS/c1-13(16(20-2)15-9-6-11-18-15)17(21)19-12-10-14-7-4-3-5-8-14/h3-5,7-8,13,15-16,18H,6,9-12H2,1-2H3,(H,19,21)/t13-,15?,16-/m1/s1. The van der Waals surface area contributed by atoms with Crippen molar-refractivity contribution >= 4 is 17.2 Å². The topological polar surface area (TPSA) is 33.3 Å². The zero-order chi connectivity index (χ0) is 15.1. The number of hydrogen-bond donors (Lipinski definition) is 2. The van der Waals surface area contributed by atoms with E-state index >= 15 is 0 Å². The predicted octanol–water partition coefficient (Wildman–Crippen LogP) is 2.55. The Bertz CT molecular complexity index is 432. The summed E-state index contributed by atoms with van der Waals surface area (Å²) in [6, 6.07) is 10.9. The van der Waals surface area contributed by atoms with E-state index in [1.54, 1.807) is 7.11 Å². The molecule has 0 aromatic heterocycles. The van der Waals surface area contributed by atoms with Crippen LogP contribution in [0.15, 0.2) is 30.3 Å². The second-order valence-electron chi connectivity index (χ2n) is 5.72. The molecular formula is C17H26N2OS. The third-order valence-corrected chi connectivity index (χ3v) is 4.75. The monoisotopic (exact) mass is 306 g/mol. The van der Waals surface area contributed by atoms with Gasteiger partial charge in [-0.1, -0.05) is 49.5 Å². The fourth-order valence-electron chi connectivity index (χ4n) is 2.99. The summed E-state index contributed by atoms with van der Waals surface area (Å²) in [6.45, 7) is 4.12. The third-order valence-electron chi connectivity index (χ3n) is 4.23. The highest BCUT2D eigenvalue weighted by Crippen LogP contribution is 2.19. The number of ether oxygens (including phenoxy) is 1. The van der Waals surface area contributed by atoms with Gasteiger partial charge in [0.05, 0.1) is 11.1 Å². The second kappa shape index (κ2) is 8.47. The Balaban J connectivity index is 1.78. The van der Waals surface area contributed by atoms with Crippen molar-refractivity contribution in [3.63, 3.8) is 0 Å². The predicted molar refractivity (Wildman–Crippen MR) is 91.7 cm³/mol. The van der Waals surface area contributed by atoms with Gasteiger partial charge in [-0.15, -0.1) is 0 Å². The highest BCUT2D eigenvalue weighted by molar-refractivity contribution is 7.80. The van der Waals surface area contributed by atoms with E-state index in [1.807, 2.05) is 6.07 Å². The molecular weight excluding hydrogens is 280 g/mol. The molecule has 0 radical (unpaired) electrons. The van der Waals surface area contributed by atoms with Gasteiger partial charge in [0, 0.05) is 25.6 Å². The molecule has 0 aliphatic carbocycles. The Morgan fingerprint density at radius 2 is 2.19 bits per heavy atom. The Labute approximate surface area is 133 Å². The van der Waals surface area contributed by atoms with E-state index in [-0.39, 0.29) is 12.0 Å². The van der Waals surface area contributed by atoms with E-state index in [9.17, 15) is 0 Å². The van der Waals surface area contributed by atoms with Crippen molar-refractivity contribution in [2.45, 2.75) is 38.3 Å². The quantitative estimate of drug-likeness (QED) is 0.759. The summed E-state index contributed by atoms with van der Waals surface area (Å²) >= 11 is 5.55. The minimum absolute atomic E-state index is 0.157. The molecule has 1 aromatic carbocycles. The smallest absolute Gasteiger partial charge is 0.0812 e. The zero-order valence-corrected chi connectivity index (χ0v) is 13.8. The molecule has 0 saturated carbocycles. The van der Waals surface area contributed by atoms with Crippen molar-refractivity contribution in [1.29, 1.82) is 0 Å². The normalized spacial score (nSPS) is 21.0. The molecule has 1 saturated heterocycles. The van der Waals surface area contributed by atoms with E-state index in [0.717, 1.165) is 24.5 Å². The Morgan fingerprint density at radius 3 is 2.81 bits per heavy atom. The molecule has 0 bridgehead atoms. The number of hydrogen-bond acceptors (Lipinski definition) is 3. The lowest BCUT2D eigenvalue weighted by Gasteiger charge is -2.29. The van der Waals surface area contributed by atoms with Crippen LogP contribution in [-0.2, 0) is 11.2 Å². The summed E-state index contributed by atoms with van der Waals surface area (Å²) in [5.74, 6) is 0.233. The van der Waals surface area contributed by atoms with Crippen molar-refractivity contribution in [3.8, 4) is 0 Å². The molecule has 4 heteroatoms. The number of methoxy groups -OCH3 is 1. The summed E-state index contributed by atoms with van der Waals surface area (Å²) in [5, 5.41) is 6.91. The lowest BCUT2D eigenvalue weighted by molar-refractivity contribution is 0.0526. The van der Waals surface area contributed by atoms with Gasteiger partial charge >= 0.3 is 0 Å². The third kappa shape index (κ3) is 4.77. The average Bonchev–Trinajstić information content (AvgIpc) is 3.03. The van der Waals surface area contributed by atoms with Gasteiger partial charge in [-0.3, -0.25) is 0 Å². The maximum Gasteiger partial charge on any atom is 0.0812 e. The van der Waals surface area contributed by atoms with Crippen LogP contribution >= 0.6 is 12.2 Å². The van der Waals surface area contributed by atoms with Crippen LogP contribution in [0.5, 0.6) is 0 Å². The van der Waals surface area contributed by atoms with E-state index in [2.05, 4.69) is 41.8 Å². The van der Waals surface area contributed by atoms with Crippen molar-refractivity contribution < 1.29 is 4.74 Å². The van der Waals surface area contributed by atoms with Gasteiger partial charge in [-0.05, 0) is 31.4 Å². The number of thiocarbonyl (C=S) groups is 1. The molecule has 1 fully saturated rings. The van der Waals surface area contributed by atoms with E-state index in [1.165, 1.54) is 18.4 Å². The van der Waals surface area contributed by atoms with Crippen molar-refractivity contribution in [2.75, 3.05) is 20.2 Å². The van der Waals surface area contributed by atoms with Gasteiger partial charge in [0.25, 0.3) is 0 Å². The largest absolute Gasteiger partial charge is 0.379 e. The summed E-state index contributed by atoms with van der Waals surface area (Å²) in [7, 11) is 1.79. The molecule has 1 aliphatic heterocycles. The molecule has 1 heterocycles. The van der Waals surface area contributed by atoms with Crippen molar-refractivity contribution in [1.82, 2.24) is 10.6 Å². The van der Waals surface area contributed by atoms with Gasteiger partial charge in [0.2, 0.25) is 0 Å². The highest BCUT2D eigenvalue weighted by atomic mass is 32.1. The first kappa shape index (κ1) is 16.4. The van der Waals surface area contributed by atoms with Gasteiger partial charge in [-0.25, -0.2) is 0 Å². The molecule has 2 rings (SSSR count). The molecule has 1 aromatic rings. The summed E-state index contributed by atoms with van der Waals surface area (Å²) in [6.07, 6.45) is 3.55. The second-order valence-corrected chi connectivity index (χ2v) is 6.16. The molecule has 116 valence electrons. The van der Waals surface area contributed by atoms with Crippen LogP contribution in [0.2, 0.25) is 0 Å². The summed E-state index contributed by atoms with van der Waals surface area (Å²) in [4.78, 5) is 0.909. The fourth-order valence-corrected chi connectivity index (χ4v) is 3.23. The lowest BCUT2D eigenvalue weighted by Crippen LogP contribution is -2.46. The minimum Gasteiger partial charge on any atom is -0.379 e. The summed E-state index contributed by atoms with van der Waals surface area (Å²) in [5.41, 5.74) is 1.33. The zero-order valence-electron chi connectivity index (χ0n) is 13.0. The Hall–Kier alpha value is -0.970. The van der Waals surface area contributed by atoms with E-state index in [0.29, 0.717) is 6.04 Å². The van der Waals surface area contributed by atoms with Crippen LogP contribution < -0.4 is 10.6 Å². The number of nitrogens with one attached hydrogen (secondary N) is 2. The molecule has 1 unspecified atom stereocenters. The Morgan fingerprint density at radius 1 is 1.43 bits per heavy atom. The van der Waals surface area contributed by atoms with Crippen molar-refractivity contribution in [2.24, 2.45) is 5.92 Å². The number of rotatable bonds is 7. The molecule has 0 spiro atoms. The van der Waals surface area contributed by atoms with Crippen LogP contribution in [0.25, 0.3) is 0 Å². The minimum atomic E-state index is 0.157. The maximum absolute atomic E-state index is 5.69. The van der Waals surface area contributed by atoms with E-state index in [4.69, 9.17) is 17.0 Å². The van der Waals surface area contributed by atoms with Crippen LogP contribution in [0.4, 0.5) is 0 Å². The fraction of sp³-hybridized carbons (Fsp3) is 0.588. The molecule has 0 amide bonds. The summed E-state index contributed by atoms with van der Waals surface area (Å²) < 4.78 is 5.69. The molecule has 3 nitrogen and oxygen atoms in total. The molecule has 21 heavy (non-hydrogen) atoms. The molecule has 3 atom stereocenters. The number of benzene rings is 1. The SMILES string of the molecule is CO[C@@H](C1CCCN1)[C@@H](C)C(=S)NCCc1ccccc1. The molecule has 1 aliphatic rings. The first-order chi connectivity index (χ1) is 10.2. The van der Waals surface area contributed by atoms with Crippen molar-refractivity contribution in [3.05, 3.63) is 35.9 Å². The average molecular weight is 306 g/mol. The first-order valence-electron chi connectivity index (χ1n) is 7.80. The van der Waals surface area contributed by atoms with Gasteiger partial charge in [-0.2, -0.15) is 0 Å². The Kier molecular flexibility index (Phi) is 6.61. The first-order valence-corrected chi connectivity index (χ1v) is 8.21. The van der Waals surface area contributed by atoms with Crippen LogP contribution in [-0.4, -0.2) is 37.3 Å². The van der Waals surface area contributed by atoms with Crippen LogP contribution in [0, 0.1) is 5.92 Å². The van der Waals surface area contributed by atoms with Gasteiger partial charge < -0.3 is 15.4 Å². The maximum atomic E-state index is 5.69. The van der Waals surface area contributed by atoms with E-state index < -0.39 is 0 Å². The highest BCUT2D eigenvalue weighted by Gasteiger charge is 2.30.